The smallest absolute Gasteiger partial charge is 0.325 e. The lowest BCUT2D eigenvalue weighted by Gasteiger charge is -2.14. The van der Waals surface area contributed by atoms with E-state index in [-0.39, 0.29) is 18.0 Å². The van der Waals surface area contributed by atoms with Crippen LogP contribution < -0.4 is 10.6 Å². The van der Waals surface area contributed by atoms with Gasteiger partial charge >= 0.3 is 6.03 Å². The molecule has 0 unspecified atom stereocenters. The second-order valence-corrected chi connectivity index (χ2v) is 9.36. The fourth-order valence-corrected chi connectivity index (χ4v) is 5.59. The predicted octanol–water partition coefficient (Wildman–Crippen LogP) is 4.96. The molecular formula is C25H26N4O3S. The summed E-state index contributed by atoms with van der Waals surface area (Å²) < 4.78 is 8.12. The number of ether oxygens (including phenoxy) is 1. The van der Waals surface area contributed by atoms with E-state index in [2.05, 4.69) is 10.6 Å². The molecule has 0 saturated carbocycles. The molecule has 0 radical (unpaired) electrons. The van der Waals surface area contributed by atoms with Crippen molar-refractivity contribution in [3.8, 4) is 0 Å². The van der Waals surface area contributed by atoms with Crippen LogP contribution in [0.3, 0.4) is 0 Å². The third-order valence-electron chi connectivity index (χ3n) is 6.20. The van der Waals surface area contributed by atoms with Gasteiger partial charge in [0.1, 0.15) is 0 Å². The lowest BCUT2D eigenvalue weighted by Crippen LogP contribution is -2.29. The molecular weight excluding hydrogens is 436 g/mol. The lowest BCUT2D eigenvalue weighted by atomic mass is 10.2. The SMILES string of the molecule is CNC(=O)n1c(C)cc2cc(Nc3cccc4cc(C(=O)N5CC[C@@H](OC)C5)sc34)ccc21. The molecule has 1 atom stereocenters. The number of aromatic nitrogens is 1. The summed E-state index contributed by atoms with van der Waals surface area (Å²) in [5.74, 6) is 0.0640. The Morgan fingerprint density at radius 1 is 1.12 bits per heavy atom. The Morgan fingerprint density at radius 3 is 2.73 bits per heavy atom. The minimum atomic E-state index is -0.154. The van der Waals surface area contributed by atoms with E-state index in [0.717, 1.165) is 55.9 Å². The van der Waals surface area contributed by atoms with Crippen molar-refractivity contribution in [2.75, 3.05) is 32.6 Å². The summed E-state index contributed by atoms with van der Waals surface area (Å²) in [7, 11) is 3.33. The van der Waals surface area contributed by atoms with Gasteiger partial charge in [-0.1, -0.05) is 12.1 Å². The first-order valence-electron chi connectivity index (χ1n) is 10.9. The minimum absolute atomic E-state index is 0.0640. The van der Waals surface area contributed by atoms with Crippen LogP contribution in [0.4, 0.5) is 16.2 Å². The maximum atomic E-state index is 13.0. The van der Waals surface area contributed by atoms with Crippen molar-refractivity contribution in [2.24, 2.45) is 0 Å². The van der Waals surface area contributed by atoms with Crippen molar-refractivity contribution in [3.05, 3.63) is 59.1 Å². The third-order valence-corrected chi connectivity index (χ3v) is 7.37. The molecule has 2 aromatic carbocycles. The number of benzene rings is 2. The van der Waals surface area contributed by atoms with Crippen LogP contribution in [0.1, 0.15) is 21.8 Å². The second kappa shape index (κ2) is 8.53. The van der Waals surface area contributed by atoms with Gasteiger partial charge in [0.05, 0.1) is 26.9 Å². The Kier molecular flexibility index (Phi) is 5.55. The number of methoxy groups -OCH3 is 1. The van der Waals surface area contributed by atoms with Crippen LogP contribution in [0.2, 0.25) is 0 Å². The summed E-state index contributed by atoms with van der Waals surface area (Å²) >= 11 is 1.51. The van der Waals surface area contributed by atoms with Crippen molar-refractivity contribution < 1.29 is 14.3 Å². The monoisotopic (exact) mass is 462 g/mol. The minimum Gasteiger partial charge on any atom is -0.380 e. The molecule has 3 heterocycles. The van der Waals surface area contributed by atoms with Crippen LogP contribution in [0.5, 0.6) is 0 Å². The Hall–Kier alpha value is -3.36. The van der Waals surface area contributed by atoms with Crippen LogP contribution in [0.15, 0.2) is 48.5 Å². The summed E-state index contributed by atoms with van der Waals surface area (Å²) in [6, 6.07) is 15.8. The average Bonchev–Trinajstić information content (AvgIpc) is 3.54. The predicted molar refractivity (Wildman–Crippen MR) is 133 cm³/mol. The van der Waals surface area contributed by atoms with E-state index in [1.54, 1.807) is 18.7 Å². The Labute approximate surface area is 195 Å². The van der Waals surface area contributed by atoms with Gasteiger partial charge in [-0.05, 0) is 55.1 Å². The Morgan fingerprint density at radius 2 is 1.97 bits per heavy atom. The molecule has 0 spiro atoms. The van der Waals surface area contributed by atoms with Crippen LogP contribution in [-0.4, -0.2) is 54.8 Å². The molecule has 1 aliphatic rings. The van der Waals surface area contributed by atoms with Crippen LogP contribution in [0.25, 0.3) is 21.0 Å². The summed E-state index contributed by atoms with van der Waals surface area (Å²) in [6.45, 7) is 3.29. The van der Waals surface area contributed by atoms with E-state index >= 15 is 0 Å². The van der Waals surface area contributed by atoms with E-state index in [0.29, 0.717) is 6.54 Å². The first-order chi connectivity index (χ1) is 16.0. The van der Waals surface area contributed by atoms with Crippen molar-refractivity contribution in [2.45, 2.75) is 19.4 Å². The van der Waals surface area contributed by atoms with Crippen molar-refractivity contribution in [1.29, 1.82) is 0 Å². The molecule has 2 aromatic heterocycles. The maximum absolute atomic E-state index is 13.0. The average molecular weight is 463 g/mol. The van der Waals surface area contributed by atoms with Gasteiger partial charge in [-0.25, -0.2) is 4.79 Å². The van der Waals surface area contributed by atoms with Gasteiger partial charge in [0.2, 0.25) is 0 Å². The summed E-state index contributed by atoms with van der Waals surface area (Å²) in [5, 5.41) is 8.21. The van der Waals surface area contributed by atoms with Crippen LogP contribution >= 0.6 is 11.3 Å². The van der Waals surface area contributed by atoms with Gasteiger partial charge in [-0.2, -0.15) is 0 Å². The first-order valence-corrected chi connectivity index (χ1v) is 11.8. The molecule has 8 heteroatoms. The third kappa shape index (κ3) is 3.85. The molecule has 2 amide bonds. The van der Waals surface area contributed by atoms with Gasteiger partial charge in [-0.3, -0.25) is 9.36 Å². The number of anilines is 2. The van der Waals surface area contributed by atoms with Gasteiger partial charge in [0.15, 0.2) is 0 Å². The zero-order valence-electron chi connectivity index (χ0n) is 18.8. The molecule has 0 bridgehead atoms. The number of carbonyl (C=O) groups is 2. The van der Waals surface area contributed by atoms with E-state index in [9.17, 15) is 9.59 Å². The quantitative estimate of drug-likeness (QED) is 0.450. The first kappa shape index (κ1) is 21.5. The number of aryl methyl sites for hydroxylation is 1. The number of nitrogens with one attached hydrogen (secondary N) is 2. The van der Waals surface area contributed by atoms with Crippen molar-refractivity contribution in [1.82, 2.24) is 14.8 Å². The molecule has 2 N–H and O–H groups in total. The number of amides is 2. The van der Waals surface area contributed by atoms with Crippen LogP contribution in [0, 0.1) is 6.92 Å². The molecule has 1 aliphatic heterocycles. The highest BCUT2D eigenvalue weighted by Gasteiger charge is 2.28. The topological polar surface area (TPSA) is 75.6 Å². The fourth-order valence-electron chi connectivity index (χ4n) is 4.50. The summed E-state index contributed by atoms with van der Waals surface area (Å²) in [5.41, 5.74) is 3.62. The molecule has 33 heavy (non-hydrogen) atoms. The van der Waals surface area contributed by atoms with E-state index in [4.69, 9.17) is 4.74 Å². The molecule has 1 fully saturated rings. The zero-order chi connectivity index (χ0) is 23.1. The van der Waals surface area contributed by atoms with E-state index in [1.165, 1.54) is 11.3 Å². The number of hydrogen-bond donors (Lipinski definition) is 2. The summed E-state index contributed by atoms with van der Waals surface area (Å²) in [4.78, 5) is 27.9. The molecule has 170 valence electrons. The van der Waals surface area contributed by atoms with Crippen molar-refractivity contribution in [3.63, 3.8) is 0 Å². The van der Waals surface area contributed by atoms with Gasteiger partial charge in [0, 0.05) is 44.0 Å². The second-order valence-electron chi connectivity index (χ2n) is 8.31. The summed E-state index contributed by atoms with van der Waals surface area (Å²) in [6.07, 6.45) is 1.00. The fraction of sp³-hybridized carbons (Fsp3) is 0.280. The highest BCUT2D eigenvalue weighted by Crippen LogP contribution is 2.35. The van der Waals surface area contributed by atoms with Crippen molar-refractivity contribution >= 4 is 55.6 Å². The van der Waals surface area contributed by atoms with Gasteiger partial charge in [-0.15, -0.1) is 11.3 Å². The standard InChI is InChI=1S/C25H26N4O3S/c1-15-11-17-12-18(7-8-21(17)29(15)25(31)26-2)27-20-6-4-5-16-13-22(33-23(16)20)24(30)28-10-9-19(14-28)32-3/h4-8,11-13,19,27H,9-10,14H2,1-3H3,(H,26,31)/t19-/m1/s1. The lowest BCUT2D eigenvalue weighted by molar-refractivity contribution is 0.0728. The van der Waals surface area contributed by atoms with Gasteiger partial charge < -0.3 is 20.3 Å². The van der Waals surface area contributed by atoms with E-state index in [1.807, 2.05) is 60.4 Å². The Balaban J connectivity index is 1.44. The number of nitrogens with zero attached hydrogens (tertiary/aromatic N) is 2. The number of likely N-dealkylation sites (tertiary alicyclic amines) is 1. The number of hydrogen-bond acceptors (Lipinski definition) is 5. The van der Waals surface area contributed by atoms with Crippen LogP contribution in [-0.2, 0) is 4.74 Å². The molecule has 1 saturated heterocycles. The maximum Gasteiger partial charge on any atom is 0.325 e. The number of fused-ring (bicyclic) bond motifs is 2. The molecule has 5 rings (SSSR count). The number of thiophene rings is 1. The van der Waals surface area contributed by atoms with Gasteiger partial charge in [0.25, 0.3) is 5.91 Å². The Bertz CT molecular complexity index is 1370. The zero-order valence-corrected chi connectivity index (χ0v) is 19.7. The number of carbonyl (C=O) groups excluding carboxylic acids is 2. The molecule has 4 aromatic rings. The highest BCUT2D eigenvalue weighted by atomic mass is 32.1. The van der Waals surface area contributed by atoms with E-state index < -0.39 is 0 Å². The molecule has 7 nitrogen and oxygen atoms in total. The number of rotatable bonds is 4. The normalized spacial score (nSPS) is 16.0. The molecule has 0 aliphatic carbocycles. The highest BCUT2D eigenvalue weighted by molar-refractivity contribution is 7.21. The largest absolute Gasteiger partial charge is 0.380 e.